The first-order valence-electron chi connectivity index (χ1n) is 5.88. The van der Waals surface area contributed by atoms with Crippen molar-refractivity contribution in [3.05, 3.63) is 70.3 Å². The number of hydrogen-bond acceptors (Lipinski definition) is 3. The van der Waals surface area contributed by atoms with E-state index in [0.29, 0.717) is 5.15 Å². The summed E-state index contributed by atoms with van der Waals surface area (Å²) in [5.41, 5.74) is 1.57. The summed E-state index contributed by atoms with van der Waals surface area (Å²) in [5, 5.41) is 1.52. The van der Waals surface area contributed by atoms with Gasteiger partial charge in [-0.25, -0.2) is 18.1 Å². The number of rotatable bonds is 5. The number of nitrogens with one attached hydrogen (secondary N) is 1. The minimum absolute atomic E-state index is 0.172. The van der Waals surface area contributed by atoms with Crippen LogP contribution in [0.1, 0.15) is 11.1 Å². The van der Waals surface area contributed by atoms with Gasteiger partial charge in [0.1, 0.15) is 5.15 Å². The number of halogens is 1. The normalized spacial score (nSPS) is 11.8. The molecule has 6 heteroatoms. The molecule has 0 aliphatic heterocycles. The maximum Gasteiger partial charge on any atom is 0.234 e. The van der Waals surface area contributed by atoms with E-state index in [1.165, 1.54) is 6.20 Å². The largest absolute Gasteiger partial charge is 0.244 e. The summed E-state index contributed by atoms with van der Waals surface area (Å²) in [6.07, 6.45) is 3.08. The molecule has 2 rings (SSSR count). The van der Waals surface area contributed by atoms with Gasteiger partial charge >= 0.3 is 0 Å². The Hall–Kier alpha value is -1.69. The molecule has 1 aromatic carbocycles. The first-order chi connectivity index (χ1) is 9.55. The highest BCUT2D eigenvalue weighted by Crippen LogP contribution is 2.06. The molecule has 2 aromatic rings. The van der Waals surface area contributed by atoms with Crippen LogP contribution >= 0.6 is 11.6 Å². The molecule has 104 valence electrons. The van der Waals surface area contributed by atoms with Crippen molar-refractivity contribution in [2.45, 2.75) is 6.54 Å². The van der Waals surface area contributed by atoms with Gasteiger partial charge in [0.05, 0.1) is 0 Å². The van der Waals surface area contributed by atoms with E-state index in [4.69, 9.17) is 11.6 Å². The molecule has 0 fully saturated rings. The standard InChI is InChI=1S/C14H13ClN2O2S/c15-14-7-6-13(10-16-14)11-17-20(18,19)9-8-12-4-2-1-3-5-12/h1-10,17H,11H2/b9-8+. The molecule has 1 aromatic heterocycles. The SMILES string of the molecule is O=S(=O)(/C=C/c1ccccc1)NCc1ccc(Cl)nc1. The van der Waals surface area contributed by atoms with Crippen LogP contribution in [0.25, 0.3) is 6.08 Å². The van der Waals surface area contributed by atoms with E-state index < -0.39 is 10.0 Å². The second-order valence-corrected chi connectivity index (χ2v) is 6.11. The molecule has 0 radical (unpaired) electrons. The third kappa shape index (κ3) is 4.77. The van der Waals surface area contributed by atoms with Crippen LogP contribution in [0.2, 0.25) is 5.15 Å². The lowest BCUT2D eigenvalue weighted by Gasteiger charge is -2.02. The molecule has 0 spiro atoms. The van der Waals surface area contributed by atoms with Crippen LogP contribution in [0.15, 0.2) is 54.1 Å². The van der Waals surface area contributed by atoms with Gasteiger partial charge in [-0.05, 0) is 23.3 Å². The van der Waals surface area contributed by atoms with Gasteiger partial charge in [0.25, 0.3) is 0 Å². The van der Waals surface area contributed by atoms with Crippen molar-refractivity contribution in [3.8, 4) is 0 Å². The van der Waals surface area contributed by atoms with E-state index in [2.05, 4.69) is 9.71 Å². The number of aromatic nitrogens is 1. The predicted octanol–water partition coefficient (Wildman–Crippen LogP) is 2.83. The van der Waals surface area contributed by atoms with Crippen molar-refractivity contribution in [2.75, 3.05) is 0 Å². The van der Waals surface area contributed by atoms with Crippen LogP contribution in [-0.4, -0.2) is 13.4 Å². The Labute approximate surface area is 123 Å². The molecule has 0 bridgehead atoms. The van der Waals surface area contributed by atoms with E-state index in [1.54, 1.807) is 18.2 Å². The monoisotopic (exact) mass is 308 g/mol. The Bertz CT molecular complexity index is 683. The zero-order valence-electron chi connectivity index (χ0n) is 10.5. The second-order valence-electron chi connectivity index (χ2n) is 4.07. The maximum atomic E-state index is 11.8. The fourth-order valence-electron chi connectivity index (χ4n) is 1.48. The molecule has 0 aliphatic carbocycles. The van der Waals surface area contributed by atoms with Gasteiger partial charge in [0, 0.05) is 18.1 Å². The molecule has 0 saturated heterocycles. The minimum Gasteiger partial charge on any atom is -0.244 e. The summed E-state index contributed by atoms with van der Waals surface area (Å²) in [6.45, 7) is 0.172. The van der Waals surface area contributed by atoms with Crippen LogP contribution in [0.4, 0.5) is 0 Å². The van der Waals surface area contributed by atoms with Crippen molar-refractivity contribution in [2.24, 2.45) is 0 Å². The quantitative estimate of drug-likeness (QED) is 0.864. The molecule has 0 unspecified atom stereocenters. The smallest absolute Gasteiger partial charge is 0.234 e. The topological polar surface area (TPSA) is 59.1 Å². The Morgan fingerprint density at radius 3 is 2.55 bits per heavy atom. The van der Waals surface area contributed by atoms with Crippen LogP contribution in [-0.2, 0) is 16.6 Å². The molecule has 20 heavy (non-hydrogen) atoms. The van der Waals surface area contributed by atoms with E-state index in [-0.39, 0.29) is 6.54 Å². The number of hydrogen-bond donors (Lipinski definition) is 1. The third-order valence-corrected chi connectivity index (χ3v) is 3.77. The maximum absolute atomic E-state index is 11.8. The molecule has 0 atom stereocenters. The molecule has 1 heterocycles. The second kappa shape index (κ2) is 6.65. The first-order valence-corrected chi connectivity index (χ1v) is 7.81. The van der Waals surface area contributed by atoms with Gasteiger partial charge in [-0.2, -0.15) is 0 Å². The van der Waals surface area contributed by atoms with Gasteiger partial charge in [-0.15, -0.1) is 0 Å². The number of benzene rings is 1. The summed E-state index contributed by atoms with van der Waals surface area (Å²) < 4.78 is 26.1. The summed E-state index contributed by atoms with van der Waals surface area (Å²) in [6, 6.07) is 12.6. The van der Waals surface area contributed by atoms with Gasteiger partial charge in [0.2, 0.25) is 10.0 Å². The van der Waals surface area contributed by atoms with Gasteiger partial charge < -0.3 is 0 Å². The minimum atomic E-state index is -3.48. The lowest BCUT2D eigenvalue weighted by molar-refractivity contribution is 0.590. The highest BCUT2D eigenvalue weighted by atomic mass is 35.5. The molecule has 0 amide bonds. The average Bonchev–Trinajstić information content (AvgIpc) is 2.46. The van der Waals surface area contributed by atoms with E-state index in [9.17, 15) is 8.42 Å². The van der Waals surface area contributed by atoms with Gasteiger partial charge in [-0.3, -0.25) is 0 Å². The summed E-state index contributed by atoms with van der Waals surface area (Å²) in [4.78, 5) is 3.89. The number of sulfonamides is 1. The van der Waals surface area contributed by atoms with Gasteiger partial charge in [-0.1, -0.05) is 48.0 Å². The molecule has 0 saturated carbocycles. The Kier molecular flexibility index (Phi) is 4.89. The Morgan fingerprint density at radius 2 is 1.90 bits per heavy atom. The van der Waals surface area contributed by atoms with Crippen molar-refractivity contribution in [1.82, 2.24) is 9.71 Å². The fourth-order valence-corrected chi connectivity index (χ4v) is 2.39. The molecular formula is C14H13ClN2O2S. The third-order valence-electron chi connectivity index (χ3n) is 2.51. The number of pyridine rings is 1. The van der Waals surface area contributed by atoms with Crippen molar-refractivity contribution >= 4 is 27.7 Å². The average molecular weight is 309 g/mol. The molecular weight excluding hydrogens is 296 g/mol. The van der Waals surface area contributed by atoms with Crippen LogP contribution in [0, 0.1) is 0 Å². The molecule has 1 N–H and O–H groups in total. The van der Waals surface area contributed by atoms with E-state index in [1.807, 2.05) is 30.3 Å². The highest BCUT2D eigenvalue weighted by Gasteiger charge is 2.05. The van der Waals surface area contributed by atoms with Crippen molar-refractivity contribution < 1.29 is 8.42 Å². The Balaban J connectivity index is 1.97. The van der Waals surface area contributed by atoms with Crippen LogP contribution < -0.4 is 4.72 Å². The van der Waals surface area contributed by atoms with Crippen LogP contribution in [0.3, 0.4) is 0 Å². The fraction of sp³-hybridized carbons (Fsp3) is 0.0714. The van der Waals surface area contributed by atoms with Crippen molar-refractivity contribution in [3.63, 3.8) is 0 Å². The highest BCUT2D eigenvalue weighted by molar-refractivity contribution is 7.92. The summed E-state index contributed by atoms with van der Waals surface area (Å²) >= 11 is 5.66. The molecule has 0 aliphatic rings. The summed E-state index contributed by atoms with van der Waals surface area (Å²) in [5.74, 6) is 0. The zero-order chi connectivity index (χ0) is 14.4. The van der Waals surface area contributed by atoms with Crippen LogP contribution in [0.5, 0.6) is 0 Å². The van der Waals surface area contributed by atoms with E-state index >= 15 is 0 Å². The van der Waals surface area contributed by atoms with Gasteiger partial charge in [0.15, 0.2) is 0 Å². The number of nitrogens with zero attached hydrogens (tertiary/aromatic N) is 1. The summed E-state index contributed by atoms with van der Waals surface area (Å²) in [7, 11) is -3.48. The van der Waals surface area contributed by atoms with E-state index in [0.717, 1.165) is 16.5 Å². The lowest BCUT2D eigenvalue weighted by atomic mass is 10.2. The zero-order valence-corrected chi connectivity index (χ0v) is 12.1. The first kappa shape index (κ1) is 14.7. The van der Waals surface area contributed by atoms with Crippen molar-refractivity contribution in [1.29, 1.82) is 0 Å². The predicted molar refractivity (Wildman–Crippen MR) is 80.5 cm³/mol. The Morgan fingerprint density at radius 1 is 1.15 bits per heavy atom. The lowest BCUT2D eigenvalue weighted by Crippen LogP contribution is -2.20. The molecule has 4 nitrogen and oxygen atoms in total.